The van der Waals surface area contributed by atoms with Gasteiger partial charge >= 0.3 is 0 Å². The number of halogens is 2. The van der Waals surface area contributed by atoms with Crippen molar-refractivity contribution in [2.24, 2.45) is 0 Å². The summed E-state index contributed by atoms with van der Waals surface area (Å²) in [5.74, 6) is -1.06. The Morgan fingerprint density at radius 2 is 1.97 bits per heavy atom. The first kappa shape index (κ1) is 23.2. The van der Waals surface area contributed by atoms with E-state index in [1.807, 2.05) is 24.3 Å². The lowest BCUT2D eigenvalue weighted by molar-refractivity contribution is -0.123. The van der Waals surface area contributed by atoms with Crippen LogP contribution in [0.25, 0.3) is 0 Å². The Balaban J connectivity index is 1.56. The van der Waals surface area contributed by atoms with Gasteiger partial charge in [0.1, 0.15) is 11.6 Å². The molecule has 3 N–H and O–H groups in total. The van der Waals surface area contributed by atoms with E-state index in [4.69, 9.17) is 16.3 Å². The molecule has 0 saturated carbocycles. The Morgan fingerprint density at radius 3 is 2.77 bits per heavy atom. The molecule has 1 aliphatic rings. The summed E-state index contributed by atoms with van der Waals surface area (Å²) >= 11 is 5.59. The number of amides is 2. The van der Waals surface area contributed by atoms with Gasteiger partial charge in [0.05, 0.1) is 5.02 Å². The van der Waals surface area contributed by atoms with Gasteiger partial charge in [-0.25, -0.2) is 4.39 Å². The molecule has 0 bridgehead atoms. The first-order valence-electron chi connectivity index (χ1n) is 9.52. The summed E-state index contributed by atoms with van der Waals surface area (Å²) in [5, 5.41) is 8.65. The van der Waals surface area contributed by atoms with Crippen LogP contribution in [0.2, 0.25) is 5.02 Å². The Hall–Kier alpha value is -3.06. The van der Waals surface area contributed by atoms with E-state index < -0.39 is 5.82 Å². The summed E-state index contributed by atoms with van der Waals surface area (Å²) in [6.45, 7) is 4.78. The zero-order valence-corrected chi connectivity index (χ0v) is 17.3. The molecule has 0 unspecified atom stereocenters. The lowest BCUT2D eigenvalue weighted by Crippen LogP contribution is -2.34. The fourth-order valence-electron chi connectivity index (χ4n) is 2.47. The van der Waals surface area contributed by atoms with Crippen LogP contribution < -0.4 is 20.7 Å². The van der Waals surface area contributed by atoms with Gasteiger partial charge < -0.3 is 20.7 Å². The molecule has 1 aromatic rings. The molecule has 1 aromatic carbocycles. The van der Waals surface area contributed by atoms with Crippen molar-refractivity contribution in [1.82, 2.24) is 16.0 Å². The summed E-state index contributed by atoms with van der Waals surface area (Å²) in [5.41, 5.74) is 1.45. The van der Waals surface area contributed by atoms with Gasteiger partial charge in [0, 0.05) is 43.4 Å². The van der Waals surface area contributed by atoms with Crippen LogP contribution in [0.15, 0.2) is 66.4 Å². The van der Waals surface area contributed by atoms with Gasteiger partial charge in [-0.2, -0.15) is 0 Å². The number of nitrogens with one attached hydrogen (secondary N) is 3. The number of benzene rings is 1. The molecular weight excluding hydrogens is 409 g/mol. The van der Waals surface area contributed by atoms with E-state index in [0.29, 0.717) is 25.1 Å². The van der Waals surface area contributed by atoms with Crippen LogP contribution in [0.5, 0.6) is 5.75 Å². The highest BCUT2D eigenvalue weighted by Crippen LogP contribution is 2.20. The molecule has 160 valence electrons. The normalized spacial score (nSPS) is 12.5. The molecule has 0 aliphatic heterocycles. The molecular formula is C22H25ClFN3O3. The second-order valence-corrected chi connectivity index (χ2v) is 6.87. The molecule has 0 heterocycles. The Labute approximate surface area is 180 Å². The van der Waals surface area contributed by atoms with Crippen LogP contribution in [-0.4, -0.2) is 38.1 Å². The van der Waals surface area contributed by atoms with Crippen molar-refractivity contribution in [1.29, 1.82) is 0 Å². The number of carbonyl (C=O) groups is 2. The quantitative estimate of drug-likeness (QED) is 0.370. The van der Waals surface area contributed by atoms with Crippen LogP contribution in [0, 0.1) is 5.82 Å². The molecule has 0 radical (unpaired) electrons. The number of hydrogen-bond acceptors (Lipinski definition) is 4. The Morgan fingerprint density at radius 1 is 1.13 bits per heavy atom. The molecule has 0 fully saturated rings. The predicted octanol–water partition coefficient (Wildman–Crippen LogP) is 3.03. The summed E-state index contributed by atoms with van der Waals surface area (Å²) in [6, 6.07) is 3.93. The van der Waals surface area contributed by atoms with E-state index in [1.165, 1.54) is 12.1 Å². The highest BCUT2D eigenvalue weighted by atomic mass is 35.5. The van der Waals surface area contributed by atoms with Crippen molar-refractivity contribution in [3.63, 3.8) is 0 Å². The number of ether oxygens (including phenoxy) is 1. The minimum absolute atomic E-state index is 0.0183. The number of allylic oxidation sites excluding steroid dienone is 5. The van der Waals surface area contributed by atoms with Crippen LogP contribution in [0.1, 0.15) is 12.8 Å². The molecule has 6 nitrogen and oxygen atoms in total. The average molecular weight is 434 g/mol. The van der Waals surface area contributed by atoms with E-state index >= 15 is 0 Å². The van der Waals surface area contributed by atoms with Crippen molar-refractivity contribution >= 4 is 23.4 Å². The Kier molecular flexibility index (Phi) is 9.67. The zero-order chi connectivity index (χ0) is 21.8. The molecule has 8 heteroatoms. The van der Waals surface area contributed by atoms with Crippen LogP contribution in [0.4, 0.5) is 4.39 Å². The molecule has 0 spiro atoms. The third kappa shape index (κ3) is 8.53. The average Bonchev–Trinajstić information content (AvgIpc) is 3.00. The third-order valence-corrected chi connectivity index (χ3v) is 4.39. The van der Waals surface area contributed by atoms with Gasteiger partial charge in [-0.15, -0.1) is 0 Å². The van der Waals surface area contributed by atoms with Gasteiger partial charge in [-0.05, 0) is 24.6 Å². The molecule has 0 aromatic heterocycles. The van der Waals surface area contributed by atoms with Crippen molar-refractivity contribution in [3.8, 4) is 5.75 Å². The number of carbonyl (C=O) groups excluding carboxylic acids is 2. The van der Waals surface area contributed by atoms with Gasteiger partial charge in [0.15, 0.2) is 6.61 Å². The molecule has 1 aliphatic carbocycles. The van der Waals surface area contributed by atoms with Crippen LogP contribution in [-0.2, 0) is 9.59 Å². The number of rotatable bonds is 11. The van der Waals surface area contributed by atoms with E-state index in [-0.39, 0.29) is 35.7 Å². The maximum atomic E-state index is 13.3. The molecule has 0 atom stereocenters. The monoisotopic (exact) mass is 433 g/mol. The van der Waals surface area contributed by atoms with Crippen molar-refractivity contribution < 1.29 is 18.7 Å². The second kappa shape index (κ2) is 12.5. The van der Waals surface area contributed by atoms with Crippen molar-refractivity contribution in [2.45, 2.75) is 12.8 Å². The topological polar surface area (TPSA) is 79.5 Å². The SMILES string of the molecule is C=C(CCNC(=O)COc1ccc(Cl)c(F)c1)C(=O)NCCNC1=CC=CC=CC1. The highest BCUT2D eigenvalue weighted by molar-refractivity contribution is 6.30. The van der Waals surface area contributed by atoms with Gasteiger partial charge in [0.2, 0.25) is 5.91 Å². The first-order valence-corrected chi connectivity index (χ1v) is 9.90. The molecule has 2 rings (SSSR count). The lowest BCUT2D eigenvalue weighted by atomic mass is 10.2. The minimum Gasteiger partial charge on any atom is -0.484 e. The summed E-state index contributed by atoms with van der Waals surface area (Å²) in [7, 11) is 0. The fraction of sp³-hybridized carbons (Fsp3) is 0.273. The van der Waals surface area contributed by atoms with Crippen LogP contribution in [0.3, 0.4) is 0 Å². The predicted molar refractivity (Wildman–Crippen MR) is 116 cm³/mol. The van der Waals surface area contributed by atoms with Crippen molar-refractivity contribution in [2.75, 3.05) is 26.2 Å². The molecule has 2 amide bonds. The van der Waals surface area contributed by atoms with Gasteiger partial charge in [-0.3, -0.25) is 9.59 Å². The van der Waals surface area contributed by atoms with E-state index in [2.05, 4.69) is 28.6 Å². The van der Waals surface area contributed by atoms with E-state index in [9.17, 15) is 14.0 Å². The molecule has 30 heavy (non-hydrogen) atoms. The summed E-state index contributed by atoms with van der Waals surface area (Å²) in [4.78, 5) is 23.8. The van der Waals surface area contributed by atoms with Gasteiger partial charge in [-0.1, -0.05) is 42.5 Å². The smallest absolute Gasteiger partial charge is 0.257 e. The zero-order valence-electron chi connectivity index (χ0n) is 16.5. The van der Waals surface area contributed by atoms with Gasteiger partial charge in [0.25, 0.3) is 5.91 Å². The summed E-state index contributed by atoms with van der Waals surface area (Å²) in [6.07, 6.45) is 11.1. The second-order valence-electron chi connectivity index (χ2n) is 6.46. The fourth-order valence-corrected chi connectivity index (χ4v) is 2.58. The highest BCUT2D eigenvalue weighted by Gasteiger charge is 2.09. The number of hydrogen-bond donors (Lipinski definition) is 3. The largest absolute Gasteiger partial charge is 0.484 e. The van der Waals surface area contributed by atoms with E-state index in [1.54, 1.807) is 0 Å². The maximum Gasteiger partial charge on any atom is 0.257 e. The Bertz CT molecular complexity index is 865. The first-order chi connectivity index (χ1) is 14.5. The van der Waals surface area contributed by atoms with E-state index in [0.717, 1.165) is 18.2 Å². The molecule has 0 saturated heterocycles. The standard InChI is InChI=1S/C22H25ClFN3O3/c1-16(22(29)27-13-12-25-17-6-4-2-3-5-7-17)10-11-26-21(28)15-30-18-8-9-19(23)20(24)14-18/h2-6,8-9,14,25H,1,7,10-13,15H2,(H,26,28)(H,27,29). The lowest BCUT2D eigenvalue weighted by Gasteiger charge is -2.11. The van der Waals surface area contributed by atoms with Crippen molar-refractivity contribution in [3.05, 3.63) is 77.3 Å². The summed E-state index contributed by atoms with van der Waals surface area (Å²) < 4.78 is 18.5. The van der Waals surface area contributed by atoms with Crippen LogP contribution >= 0.6 is 11.6 Å². The minimum atomic E-state index is -0.619. The maximum absolute atomic E-state index is 13.3. The third-order valence-electron chi connectivity index (χ3n) is 4.09.